The monoisotopic (exact) mass is 768 g/mol. The fourth-order valence-electron chi connectivity index (χ4n) is 5.60. The Kier molecular flexibility index (Phi) is 36.3. The summed E-state index contributed by atoms with van der Waals surface area (Å²) in [5, 5.41) is 0. The number of phosphoric ester groups is 1. The van der Waals surface area contributed by atoms with Crippen molar-refractivity contribution in [2.24, 2.45) is 0 Å². The summed E-state index contributed by atoms with van der Waals surface area (Å²) in [5.41, 5.74) is 0. The average Bonchev–Trinajstić information content (AvgIpc) is 3.11. The van der Waals surface area contributed by atoms with Crippen LogP contribution in [0.2, 0.25) is 0 Å². The van der Waals surface area contributed by atoms with Gasteiger partial charge in [0.05, 0.1) is 34.4 Å². The Labute approximate surface area is 327 Å². The van der Waals surface area contributed by atoms with E-state index in [1.165, 1.54) is 77.0 Å². The van der Waals surface area contributed by atoms with Crippen molar-refractivity contribution in [3.05, 3.63) is 48.6 Å². The first-order valence-corrected chi connectivity index (χ1v) is 22.8. The molecule has 53 heavy (non-hydrogen) atoms. The lowest BCUT2D eigenvalue weighted by Crippen LogP contribution is -2.37. The Bertz CT molecular complexity index is 989. The molecule has 310 valence electrons. The summed E-state index contributed by atoms with van der Waals surface area (Å²) in [6, 6.07) is 0. The first kappa shape index (κ1) is 51.5. The van der Waals surface area contributed by atoms with E-state index in [4.69, 9.17) is 18.5 Å². The number of quaternary nitrogens is 1. The first-order chi connectivity index (χ1) is 25.6. The minimum atomic E-state index is -4.53. The summed E-state index contributed by atoms with van der Waals surface area (Å²) >= 11 is 0. The van der Waals surface area contributed by atoms with E-state index < -0.39 is 13.9 Å². The zero-order valence-corrected chi connectivity index (χ0v) is 35.8. The topological polar surface area (TPSA) is 94.1 Å². The second-order valence-electron chi connectivity index (χ2n) is 15.3. The second kappa shape index (κ2) is 37.4. The summed E-state index contributed by atoms with van der Waals surface area (Å²) in [5.74, 6) is -0.346. The van der Waals surface area contributed by atoms with E-state index in [0.717, 1.165) is 70.6 Å². The predicted molar refractivity (Wildman–Crippen MR) is 222 cm³/mol. The normalized spacial score (nSPS) is 14.3. The first-order valence-electron chi connectivity index (χ1n) is 21.4. The van der Waals surface area contributed by atoms with Crippen LogP contribution in [-0.4, -0.2) is 70.7 Å². The van der Waals surface area contributed by atoms with Gasteiger partial charge in [0.15, 0.2) is 0 Å². The molecule has 0 aliphatic rings. The number of esters is 1. The van der Waals surface area contributed by atoms with Crippen molar-refractivity contribution in [1.82, 2.24) is 0 Å². The highest BCUT2D eigenvalue weighted by molar-refractivity contribution is 7.45. The maximum absolute atomic E-state index is 12.7. The van der Waals surface area contributed by atoms with Gasteiger partial charge in [0.2, 0.25) is 0 Å². The molecule has 2 unspecified atom stereocenters. The number of rotatable bonds is 39. The molecular weight excluding hydrogens is 685 g/mol. The lowest BCUT2D eigenvalue weighted by molar-refractivity contribution is -0.870. The Hall–Kier alpha value is -1.54. The predicted octanol–water partition coefficient (Wildman–Crippen LogP) is 11.7. The van der Waals surface area contributed by atoms with Crippen LogP contribution in [-0.2, 0) is 27.9 Å². The van der Waals surface area contributed by atoms with Gasteiger partial charge in [0, 0.05) is 13.0 Å². The van der Waals surface area contributed by atoms with Crippen LogP contribution in [0.5, 0.6) is 0 Å². The van der Waals surface area contributed by atoms with Gasteiger partial charge in [-0.3, -0.25) is 9.36 Å². The number of ether oxygens (including phenoxy) is 2. The van der Waals surface area contributed by atoms with Crippen LogP contribution >= 0.6 is 7.82 Å². The van der Waals surface area contributed by atoms with Gasteiger partial charge in [-0.2, -0.15) is 0 Å². The van der Waals surface area contributed by atoms with E-state index >= 15 is 0 Å². The molecule has 0 fully saturated rings. The Morgan fingerprint density at radius 3 is 1.62 bits per heavy atom. The molecule has 0 N–H and O–H groups in total. The molecule has 8 nitrogen and oxygen atoms in total. The third kappa shape index (κ3) is 41.5. The van der Waals surface area contributed by atoms with Crippen LogP contribution < -0.4 is 4.89 Å². The summed E-state index contributed by atoms with van der Waals surface area (Å²) in [6.45, 7) is 5.22. The minimum Gasteiger partial charge on any atom is -0.756 e. The van der Waals surface area contributed by atoms with E-state index in [2.05, 4.69) is 62.5 Å². The molecule has 2 atom stereocenters. The van der Waals surface area contributed by atoms with Crippen LogP contribution in [0.3, 0.4) is 0 Å². The highest BCUT2D eigenvalue weighted by Gasteiger charge is 2.20. The van der Waals surface area contributed by atoms with Crippen LogP contribution in [0.25, 0.3) is 0 Å². The van der Waals surface area contributed by atoms with Crippen LogP contribution in [0.1, 0.15) is 168 Å². The molecule has 0 aromatic heterocycles. The summed E-state index contributed by atoms with van der Waals surface area (Å²) < 4.78 is 34.5. The van der Waals surface area contributed by atoms with Crippen LogP contribution in [0.4, 0.5) is 0 Å². The van der Waals surface area contributed by atoms with Crippen molar-refractivity contribution in [2.75, 3.05) is 54.1 Å². The summed E-state index contributed by atoms with van der Waals surface area (Å²) in [6.07, 6.45) is 44.1. The van der Waals surface area contributed by atoms with Gasteiger partial charge in [-0.25, -0.2) is 0 Å². The van der Waals surface area contributed by atoms with Crippen molar-refractivity contribution < 1.29 is 37.3 Å². The number of carbonyl (C=O) groups excluding carboxylic acids is 1. The number of likely N-dealkylation sites (N-methyl/N-ethyl adjacent to an activating group) is 1. The van der Waals surface area contributed by atoms with E-state index in [0.29, 0.717) is 24.1 Å². The number of carbonyl (C=O) groups is 1. The fourth-order valence-corrected chi connectivity index (χ4v) is 6.32. The van der Waals surface area contributed by atoms with Crippen LogP contribution in [0, 0.1) is 0 Å². The van der Waals surface area contributed by atoms with E-state index in [1.807, 2.05) is 21.1 Å². The quantitative estimate of drug-likeness (QED) is 0.0202. The van der Waals surface area contributed by atoms with Gasteiger partial charge in [-0.05, 0) is 51.4 Å². The molecule has 0 bridgehead atoms. The van der Waals surface area contributed by atoms with E-state index in [9.17, 15) is 14.3 Å². The van der Waals surface area contributed by atoms with Crippen molar-refractivity contribution >= 4 is 13.8 Å². The maximum atomic E-state index is 12.7. The molecule has 0 rings (SSSR count). The minimum absolute atomic E-state index is 0.0192. The molecule has 9 heteroatoms. The molecule has 0 spiro atoms. The third-order valence-corrected chi connectivity index (χ3v) is 9.86. The van der Waals surface area contributed by atoms with Crippen molar-refractivity contribution in [2.45, 2.75) is 174 Å². The van der Waals surface area contributed by atoms with Gasteiger partial charge >= 0.3 is 5.97 Å². The zero-order valence-electron chi connectivity index (χ0n) is 35.0. The second-order valence-corrected chi connectivity index (χ2v) is 16.7. The summed E-state index contributed by atoms with van der Waals surface area (Å²) in [4.78, 5) is 25.0. The lowest BCUT2D eigenvalue weighted by atomic mass is 10.0. The largest absolute Gasteiger partial charge is 0.756 e. The molecule has 0 amide bonds. The molecular formula is C44H82NO7P. The lowest BCUT2D eigenvalue weighted by Gasteiger charge is -2.28. The Morgan fingerprint density at radius 2 is 1.09 bits per heavy atom. The highest BCUT2D eigenvalue weighted by Crippen LogP contribution is 2.38. The van der Waals surface area contributed by atoms with Crippen molar-refractivity contribution in [3.8, 4) is 0 Å². The van der Waals surface area contributed by atoms with E-state index in [1.54, 1.807) is 0 Å². The molecule has 0 radical (unpaired) electrons. The van der Waals surface area contributed by atoms with Gasteiger partial charge in [-0.1, -0.05) is 159 Å². The number of phosphoric acid groups is 1. The maximum Gasteiger partial charge on any atom is 0.306 e. The van der Waals surface area contributed by atoms with Gasteiger partial charge < -0.3 is 27.9 Å². The number of hydrogen-bond donors (Lipinski definition) is 0. The molecule has 0 saturated carbocycles. The molecule has 0 aliphatic carbocycles. The van der Waals surface area contributed by atoms with Crippen molar-refractivity contribution in [3.63, 3.8) is 0 Å². The Balaban J connectivity index is 4.30. The zero-order chi connectivity index (χ0) is 39.1. The number of unbranched alkanes of at least 4 members (excludes halogenated alkanes) is 17. The van der Waals surface area contributed by atoms with Gasteiger partial charge in [-0.15, -0.1) is 0 Å². The molecule has 0 heterocycles. The van der Waals surface area contributed by atoms with Crippen LogP contribution in [0.15, 0.2) is 48.6 Å². The number of hydrogen-bond acceptors (Lipinski definition) is 7. The van der Waals surface area contributed by atoms with Gasteiger partial charge in [0.1, 0.15) is 19.3 Å². The van der Waals surface area contributed by atoms with Gasteiger partial charge in [0.25, 0.3) is 7.82 Å². The molecule has 0 aromatic rings. The fraction of sp³-hybridized carbons (Fsp3) is 0.795. The molecule has 0 aromatic carbocycles. The highest BCUT2D eigenvalue weighted by atomic mass is 31.2. The smallest absolute Gasteiger partial charge is 0.306 e. The average molecular weight is 768 g/mol. The van der Waals surface area contributed by atoms with Crippen molar-refractivity contribution in [1.29, 1.82) is 0 Å². The standard InChI is InChI=1S/C44H82NO7P/c1-6-8-10-12-14-16-18-20-22-24-26-28-30-32-34-36-39-49-41-43(42-51-53(47,48)50-40-38-45(3,4)5)52-44(46)37-35-33-31-29-27-25-23-21-19-17-15-13-11-9-7-2/h8,10,14,16,20,22,26,28,43H,6-7,9,11-13,15,17-19,21,23-25,27,29-42H2,1-5H3/b10-8-,16-14-,22-20-,28-26-. The Morgan fingerprint density at radius 1 is 0.604 bits per heavy atom. The third-order valence-electron chi connectivity index (χ3n) is 8.89. The SMILES string of the molecule is CC/C=C\C/C=C\C/C=C\C/C=C\CCCCCOCC(COP(=O)([O-])OCC[N+](C)(C)C)OC(=O)CCCCCCCCCCCCCCCCC. The van der Waals surface area contributed by atoms with E-state index in [-0.39, 0.29) is 25.8 Å². The molecule has 0 saturated heterocycles. The number of allylic oxidation sites excluding steroid dienone is 8. The summed E-state index contributed by atoms with van der Waals surface area (Å²) in [7, 11) is 1.33. The molecule has 0 aliphatic heterocycles. The number of nitrogens with zero attached hydrogens (tertiary/aromatic N) is 1.